The summed E-state index contributed by atoms with van der Waals surface area (Å²) in [5.74, 6) is 0. The molecule has 20 heavy (non-hydrogen) atoms. The molecule has 0 aliphatic carbocycles. The van der Waals surface area contributed by atoms with Gasteiger partial charge in [0.05, 0.1) is 5.69 Å². The summed E-state index contributed by atoms with van der Waals surface area (Å²) in [7, 11) is 1.83. The van der Waals surface area contributed by atoms with Crippen LogP contribution in [0.4, 0.5) is 0 Å². The molecule has 100 valence electrons. The van der Waals surface area contributed by atoms with Crippen molar-refractivity contribution in [1.29, 1.82) is 0 Å². The van der Waals surface area contributed by atoms with Gasteiger partial charge in [-0.25, -0.2) is 0 Å². The normalized spacial score (nSPS) is 12.3. The SMILES string of the molecule is Cn1nccc1C(O)c1ccc(-c2ccccc2)cc1. The number of hydrogen-bond donors (Lipinski definition) is 1. The van der Waals surface area contributed by atoms with Crippen LogP contribution >= 0.6 is 0 Å². The third-order valence-electron chi connectivity index (χ3n) is 3.47. The van der Waals surface area contributed by atoms with Crippen molar-refractivity contribution in [3.05, 3.63) is 78.1 Å². The number of aromatic nitrogens is 2. The third-order valence-corrected chi connectivity index (χ3v) is 3.47. The molecule has 1 unspecified atom stereocenters. The molecule has 1 atom stereocenters. The average Bonchev–Trinajstić information content (AvgIpc) is 2.94. The molecular formula is C17H16N2O. The molecule has 0 saturated heterocycles. The molecule has 1 heterocycles. The summed E-state index contributed by atoms with van der Waals surface area (Å²) in [6.45, 7) is 0. The van der Waals surface area contributed by atoms with E-state index in [1.165, 1.54) is 5.56 Å². The van der Waals surface area contributed by atoms with Gasteiger partial charge in [-0.15, -0.1) is 0 Å². The van der Waals surface area contributed by atoms with Crippen molar-refractivity contribution >= 4 is 0 Å². The highest BCUT2D eigenvalue weighted by atomic mass is 16.3. The van der Waals surface area contributed by atoms with E-state index in [4.69, 9.17) is 0 Å². The molecule has 0 saturated carbocycles. The van der Waals surface area contributed by atoms with Crippen LogP contribution in [0.3, 0.4) is 0 Å². The Morgan fingerprint density at radius 2 is 1.55 bits per heavy atom. The lowest BCUT2D eigenvalue weighted by atomic mass is 10.0. The molecule has 0 aliphatic rings. The summed E-state index contributed by atoms with van der Waals surface area (Å²) in [6, 6.07) is 20.0. The summed E-state index contributed by atoms with van der Waals surface area (Å²) in [6.07, 6.45) is 1.05. The molecular weight excluding hydrogens is 248 g/mol. The van der Waals surface area contributed by atoms with Crippen molar-refractivity contribution in [2.75, 3.05) is 0 Å². The highest BCUT2D eigenvalue weighted by molar-refractivity contribution is 5.63. The molecule has 0 spiro atoms. The van der Waals surface area contributed by atoms with Crippen LogP contribution in [-0.4, -0.2) is 14.9 Å². The van der Waals surface area contributed by atoms with Gasteiger partial charge in [0, 0.05) is 13.2 Å². The number of aliphatic hydroxyl groups is 1. The summed E-state index contributed by atoms with van der Waals surface area (Å²) >= 11 is 0. The van der Waals surface area contributed by atoms with Gasteiger partial charge in [0.15, 0.2) is 0 Å². The predicted octanol–water partition coefficient (Wildman–Crippen LogP) is 3.17. The fourth-order valence-electron chi connectivity index (χ4n) is 2.31. The van der Waals surface area contributed by atoms with Gasteiger partial charge in [-0.3, -0.25) is 4.68 Å². The van der Waals surface area contributed by atoms with Crippen LogP contribution in [0.15, 0.2) is 66.9 Å². The van der Waals surface area contributed by atoms with Crippen LogP contribution in [0, 0.1) is 0 Å². The fourth-order valence-corrected chi connectivity index (χ4v) is 2.31. The molecule has 1 aromatic heterocycles. The Morgan fingerprint density at radius 1 is 0.900 bits per heavy atom. The lowest BCUT2D eigenvalue weighted by molar-refractivity contribution is 0.210. The molecule has 3 rings (SSSR count). The topological polar surface area (TPSA) is 38.0 Å². The molecule has 0 fully saturated rings. The number of rotatable bonds is 3. The zero-order valence-electron chi connectivity index (χ0n) is 11.3. The van der Waals surface area contributed by atoms with Crippen molar-refractivity contribution in [3.8, 4) is 11.1 Å². The van der Waals surface area contributed by atoms with E-state index in [1.54, 1.807) is 10.9 Å². The molecule has 1 N–H and O–H groups in total. The van der Waals surface area contributed by atoms with E-state index >= 15 is 0 Å². The Balaban J connectivity index is 1.89. The van der Waals surface area contributed by atoms with Crippen LogP contribution in [0.2, 0.25) is 0 Å². The summed E-state index contributed by atoms with van der Waals surface area (Å²) < 4.78 is 1.69. The minimum absolute atomic E-state index is 0.646. The first kappa shape index (κ1) is 12.6. The van der Waals surface area contributed by atoms with Gasteiger partial charge in [-0.05, 0) is 22.8 Å². The lowest BCUT2D eigenvalue weighted by Gasteiger charge is -2.12. The van der Waals surface area contributed by atoms with Crippen molar-refractivity contribution in [1.82, 2.24) is 9.78 Å². The summed E-state index contributed by atoms with van der Waals surface area (Å²) in [5.41, 5.74) is 3.98. The largest absolute Gasteiger partial charge is 0.382 e. The average molecular weight is 264 g/mol. The van der Waals surface area contributed by atoms with Gasteiger partial charge in [0.2, 0.25) is 0 Å². The minimum Gasteiger partial charge on any atom is -0.382 e. The van der Waals surface area contributed by atoms with E-state index in [0.717, 1.165) is 16.8 Å². The van der Waals surface area contributed by atoms with E-state index in [2.05, 4.69) is 17.2 Å². The van der Waals surface area contributed by atoms with E-state index in [-0.39, 0.29) is 0 Å². The highest BCUT2D eigenvalue weighted by Gasteiger charge is 2.13. The maximum Gasteiger partial charge on any atom is 0.121 e. The second-order valence-corrected chi connectivity index (χ2v) is 4.77. The maximum atomic E-state index is 10.4. The Bertz CT molecular complexity index is 687. The Morgan fingerprint density at radius 3 is 2.15 bits per heavy atom. The van der Waals surface area contributed by atoms with E-state index in [1.807, 2.05) is 55.6 Å². The Kier molecular flexibility index (Phi) is 3.35. The zero-order valence-corrected chi connectivity index (χ0v) is 11.3. The quantitative estimate of drug-likeness (QED) is 0.789. The molecule has 0 amide bonds. The minimum atomic E-state index is -0.646. The molecule has 3 nitrogen and oxygen atoms in total. The molecule has 0 aliphatic heterocycles. The van der Waals surface area contributed by atoms with Gasteiger partial charge in [-0.1, -0.05) is 54.6 Å². The third kappa shape index (κ3) is 2.36. The first-order chi connectivity index (χ1) is 9.75. The number of benzene rings is 2. The van der Waals surface area contributed by atoms with Crippen LogP contribution in [-0.2, 0) is 7.05 Å². The zero-order chi connectivity index (χ0) is 13.9. The lowest BCUT2D eigenvalue weighted by Crippen LogP contribution is -2.06. The number of aryl methyl sites for hydroxylation is 1. The molecule has 2 aromatic carbocycles. The smallest absolute Gasteiger partial charge is 0.121 e. The van der Waals surface area contributed by atoms with E-state index in [9.17, 15) is 5.11 Å². The van der Waals surface area contributed by atoms with E-state index in [0.29, 0.717) is 0 Å². The number of nitrogens with zero attached hydrogens (tertiary/aromatic N) is 2. The van der Waals surface area contributed by atoms with Gasteiger partial charge < -0.3 is 5.11 Å². The first-order valence-electron chi connectivity index (χ1n) is 6.57. The Labute approximate surface area is 118 Å². The molecule has 0 bridgehead atoms. The molecule has 0 radical (unpaired) electrons. The van der Waals surface area contributed by atoms with Crippen LogP contribution in [0.1, 0.15) is 17.4 Å². The van der Waals surface area contributed by atoms with Gasteiger partial charge in [0.25, 0.3) is 0 Å². The second-order valence-electron chi connectivity index (χ2n) is 4.77. The second kappa shape index (κ2) is 5.31. The summed E-state index contributed by atoms with van der Waals surface area (Å²) in [4.78, 5) is 0. The fraction of sp³-hybridized carbons (Fsp3) is 0.118. The van der Waals surface area contributed by atoms with Gasteiger partial charge in [0.1, 0.15) is 6.10 Å². The van der Waals surface area contributed by atoms with E-state index < -0.39 is 6.10 Å². The number of hydrogen-bond acceptors (Lipinski definition) is 2. The standard InChI is InChI=1S/C17H16N2O/c1-19-16(11-12-18-19)17(20)15-9-7-14(8-10-15)13-5-3-2-4-6-13/h2-12,17,20H,1H3. The monoisotopic (exact) mass is 264 g/mol. The van der Waals surface area contributed by atoms with Crippen molar-refractivity contribution in [2.24, 2.45) is 7.05 Å². The summed E-state index contributed by atoms with van der Waals surface area (Å²) in [5, 5.41) is 14.4. The Hall–Kier alpha value is -2.39. The number of aliphatic hydroxyl groups excluding tert-OH is 1. The molecule has 3 heteroatoms. The van der Waals surface area contributed by atoms with Crippen LogP contribution < -0.4 is 0 Å². The predicted molar refractivity (Wildman–Crippen MR) is 79.1 cm³/mol. The highest BCUT2D eigenvalue weighted by Crippen LogP contribution is 2.25. The van der Waals surface area contributed by atoms with Crippen molar-refractivity contribution < 1.29 is 5.11 Å². The van der Waals surface area contributed by atoms with Gasteiger partial charge in [-0.2, -0.15) is 5.10 Å². The first-order valence-corrected chi connectivity index (χ1v) is 6.57. The van der Waals surface area contributed by atoms with Crippen LogP contribution in [0.25, 0.3) is 11.1 Å². The molecule has 3 aromatic rings. The van der Waals surface area contributed by atoms with Crippen molar-refractivity contribution in [2.45, 2.75) is 6.10 Å². The maximum absolute atomic E-state index is 10.4. The van der Waals surface area contributed by atoms with Crippen LogP contribution in [0.5, 0.6) is 0 Å². The van der Waals surface area contributed by atoms with Crippen molar-refractivity contribution in [3.63, 3.8) is 0 Å². The van der Waals surface area contributed by atoms with Gasteiger partial charge >= 0.3 is 0 Å².